The molecule has 0 saturated carbocycles. The van der Waals surface area contributed by atoms with Gasteiger partial charge >= 0.3 is 0 Å². The number of carbonyl (C=O) groups is 1. The number of anilines is 2. The van der Waals surface area contributed by atoms with Gasteiger partial charge in [0.05, 0.1) is 32.1 Å². The Balaban J connectivity index is 1.71. The maximum atomic E-state index is 12.4. The minimum atomic E-state index is -0.201. The number of hydrogen-bond acceptors (Lipinski definition) is 6. The summed E-state index contributed by atoms with van der Waals surface area (Å²) in [7, 11) is 3.17. The molecule has 3 aromatic rings. The molecule has 3 rings (SSSR count). The van der Waals surface area contributed by atoms with Crippen LogP contribution >= 0.6 is 0 Å². The van der Waals surface area contributed by atoms with E-state index in [-0.39, 0.29) is 5.91 Å². The van der Waals surface area contributed by atoms with Crippen LogP contribution in [0.1, 0.15) is 16.1 Å². The van der Waals surface area contributed by atoms with Crippen LogP contribution < -0.4 is 20.1 Å². The number of carbonyl (C=O) groups excluding carboxylic acids is 1. The van der Waals surface area contributed by atoms with Crippen molar-refractivity contribution >= 4 is 17.4 Å². The number of aromatic nitrogens is 2. The van der Waals surface area contributed by atoms with Gasteiger partial charge in [0.1, 0.15) is 17.3 Å². The highest BCUT2D eigenvalue weighted by Gasteiger charge is 2.10. The molecule has 27 heavy (non-hydrogen) atoms. The Morgan fingerprint density at radius 3 is 2.63 bits per heavy atom. The third-order valence-electron chi connectivity index (χ3n) is 3.85. The molecule has 1 aromatic carbocycles. The van der Waals surface area contributed by atoms with Crippen LogP contribution in [-0.4, -0.2) is 30.1 Å². The fourth-order valence-corrected chi connectivity index (χ4v) is 2.46. The average Bonchev–Trinajstić information content (AvgIpc) is 2.73. The lowest BCUT2D eigenvalue weighted by Gasteiger charge is -2.12. The van der Waals surface area contributed by atoms with Crippen molar-refractivity contribution in [1.82, 2.24) is 15.3 Å². The molecule has 0 aliphatic rings. The van der Waals surface area contributed by atoms with Crippen molar-refractivity contribution in [3.63, 3.8) is 0 Å². The second-order valence-corrected chi connectivity index (χ2v) is 5.62. The molecule has 0 atom stereocenters. The number of nitrogens with one attached hydrogen (secondary N) is 2. The second kappa shape index (κ2) is 8.66. The van der Waals surface area contributed by atoms with E-state index in [1.54, 1.807) is 44.8 Å². The van der Waals surface area contributed by atoms with E-state index in [9.17, 15) is 4.79 Å². The van der Waals surface area contributed by atoms with Crippen LogP contribution in [0.4, 0.5) is 11.5 Å². The maximum Gasteiger partial charge on any atom is 0.251 e. The first-order valence-corrected chi connectivity index (χ1v) is 8.33. The Bertz CT molecular complexity index is 916. The van der Waals surface area contributed by atoms with Gasteiger partial charge < -0.3 is 20.1 Å². The largest absolute Gasteiger partial charge is 0.497 e. The molecule has 2 heterocycles. The van der Waals surface area contributed by atoms with Gasteiger partial charge in [-0.25, -0.2) is 4.98 Å². The lowest BCUT2D eigenvalue weighted by atomic mass is 10.2. The van der Waals surface area contributed by atoms with Gasteiger partial charge in [-0.3, -0.25) is 9.78 Å². The predicted octanol–water partition coefficient (Wildman–Crippen LogP) is 3.17. The first-order valence-electron chi connectivity index (χ1n) is 8.33. The van der Waals surface area contributed by atoms with Gasteiger partial charge in [-0.1, -0.05) is 6.07 Å². The van der Waals surface area contributed by atoms with E-state index in [4.69, 9.17) is 9.47 Å². The van der Waals surface area contributed by atoms with Crippen LogP contribution in [0, 0.1) is 0 Å². The number of methoxy groups -OCH3 is 2. The number of amides is 1. The van der Waals surface area contributed by atoms with Crippen LogP contribution in [0.3, 0.4) is 0 Å². The van der Waals surface area contributed by atoms with Gasteiger partial charge in [0.15, 0.2) is 0 Å². The maximum absolute atomic E-state index is 12.4. The van der Waals surface area contributed by atoms with Crippen LogP contribution in [-0.2, 0) is 6.54 Å². The van der Waals surface area contributed by atoms with Crippen molar-refractivity contribution in [3.8, 4) is 11.5 Å². The molecule has 7 nitrogen and oxygen atoms in total. The monoisotopic (exact) mass is 364 g/mol. The van der Waals surface area contributed by atoms with Gasteiger partial charge in [-0.2, -0.15) is 0 Å². The molecule has 138 valence electrons. The number of hydrogen-bond donors (Lipinski definition) is 2. The Labute approximate surface area is 157 Å². The molecular weight excluding hydrogens is 344 g/mol. The van der Waals surface area contributed by atoms with E-state index in [0.29, 0.717) is 29.4 Å². The van der Waals surface area contributed by atoms with Crippen molar-refractivity contribution in [3.05, 3.63) is 72.2 Å². The molecule has 0 bridgehead atoms. The molecule has 0 unspecified atom stereocenters. The summed E-state index contributed by atoms with van der Waals surface area (Å²) in [4.78, 5) is 20.8. The van der Waals surface area contributed by atoms with Crippen LogP contribution in [0.2, 0.25) is 0 Å². The third-order valence-corrected chi connectivity index (χ3v) is 3.85. The molecule has 1 amide bonds. The van der Waals surface area contributed by atoms with E-state index in [2.05, 4.69) is 20.6 Å². The zero-order valence-electron chi connectivity index (χ0n) is 15.1. The molecule has 0 fully saturated rings. The van der Waals surface area contributed by atoms with Gasteiger partial charge in [0.25, 0.3) is 5.91 Å². The zero-order chi connectivity index (χ0) is 19.1. The predicted molar refractivity (Wildman–Crippen MR) is 102 cm³/mol. The molecule has 7 heteroatoms. The van der Waals surface area contributed by atoms with E-state index in [0.717, 1.165) is 11.4 Å². The molecule has 0 radical (unpaired) electrons. The molecule has 2 aromatic heterocycles. The normalized spacial score (nSPS) is 10.1. The number of ether oxygens (including phenoxy) is 2. The molecule has 0 aliphatic carbocycles. The highest BCUT2D eigenvalue weighted by molar-refractivity contribution is 5.94. The minimum Gasteiger partial charge on any atom is -0.497 e. The first kappa shape index (κ1) is 18.2. The van der Waals surface area contributed by atoms with Gasteiger partial charge in [0, 0.05) is 24.0 Å². The van der Waals surface area contributed by atoms with Crippen molar-refractivity contribution in [2.75, 3.05) is 19.5 Å². The second-order valence-electron chi connectivity index (χ2n) is 5.62. The Kier molecular flexibility index (Phi) is 5.84. The van der Waals surface area contributed by atoms with E-state index < -0.39 is 0 Å². The lowest BCUT2D eigenvalue weighted by molar-refractivity contribution is 0.0950. The van der Waals surface area contributed by atoms with Crippen molar-refractivity contribution < 1.29 is 14.3 Å². The smallest absolute Gasteiger partial charge is 0.251 e. The van der Waals surface area contributed by atoms with E-state index >= 15 is 0 Å². The number of nitrogens with zero attached hydrogens (tertiary/aromatic N) is 2. The summed E-state index contributed by atoms with van der Waals surface area (Å²) < 4.78 is 10.6. The van der Waals surface area contributed by atoms with E-state index in [1.165, 1.54) is 0 Å². The van der Waals surface area contributed by atoms with Crippen LogP contribution in [0.25, 0.3) is 0 Å². The van der Waals surface area contributed by atoms with Crippen molar-refractivity contribution in [1.29, 1.82) is 0 Å². The zero-order valence-corrected chi connectivity index (χ0v) is 15.1. The first-order chi connectivity index (χ1) is 13.2. The summed E-state index contributed by atoms with van der Waals surface area (Å²) in [6.45, 7) is 0.358. The minimum absolute atomic E-state index is 0.201. The third kappa shape index (κ3) is 4.72. The number of benzene rings is 1. The Hall–Kier alpha value is -3.61. The molecule has 0 aliphatic heterocycles. The van der Waals surface area contributed by atoms with E-state index in [1.807, 2.05) is 30.3 Å². The summed E-state index contributed by atoms with van der Waals surface area (Å²) in [6.07, 6.45) is 3.27. The average molecular weight is 364 g/mol. The molecule has 0 saturated heterocycles. The van der Waals surface area contributed by atoms with Crippen molar-refractivity contribution in [2.45, 2.75) is 6.54 Å². The van der Waals surface area contributed by atoms with Gasteiger partial charge in [-0.05, 0) is 36.4 Å². The van der Waals surface area contributed by atoms with Gasteiger partial charge in [-0.15, -0.1) is 0 Å². The Morgan fingerprint density at radius 1 is 1.00 bits per heavy atom. The summed E-state index contributed by atoms with van der Waals surface area (Å²) in [5.41, 5.74) is 2.01. The number of pyridine rings is 2. The SMILES string of the molecule is COc1ccc(Nc2cc(C(=O)NCc3ccccn3)ccn2)c(OC)c1. The van der Waals surface area contributed by atoms with Gasteiger partial charge in [0.2, 0.25) is 0 Å². The molecular formula is C20H20N4O3. The number of rotatable bonds is 7. The lowest BCUT2D eigenvalue weighted by Crippen LogP contribution is -2.23. The molecule has 2 N–H and O–H groups in total. The fourth-order valence-electron chi connectivity index (χ4n) is 2.46. The van der Waals surface area contributed by atoms with Crippen molar-refractivity contribution in [2.24, 2.45) is 0 Å². The topological polar surface area (TPSA) is 85.4 Å². The summed E-state index contributed by atoms with van der Waals surface area (Å²) in [5.74, 6) is 1.63. The highest BCUT2D eigenvalue weighted by atomic mass is 16.5. The summed E-state index contributed by atoms with van der Waals surface area (Å²) >= 11 is 0. The quantitative estimate of drug-likeness (QED) is 0.670. The molecule has 0 spiro atoms. The standard InChI is InChI=1S/C20H20N4O3/c1-26-16-6-7-17(18(12-16)27-2)24-19-11-14(8-10-22-19)20(25)23-13-15-5-3-4-9-21-15/h3-12H,13H2,1-2H3,(H,22,24)(H,23,25). The summed E-state index contributed by atoms with van der Waals surface area (Å²) in [5, 5.41) is 6.01. The fraction of sp³-hybridized carbons (Fsp3) is 0.150. The Morgan fingerprint density at radius 2 is 1.89 bits per heavy atom. The van der Waals surface area contributed by atoms with Crippen LogP contribution in [0.5, 0.6) is 11.5 Å². The highest BCUT2D eigenvalue weighted by Crippen LogP contribution is 2.31. The van der Waals surface area contributed by atoms with Crippen LogP contribution in [0.15, 0.2) is 60.9 Å². The summed E-state index contributed by atoms with van der Waals surface area (Å²) in [6, 6.07) is 14.3.